The zero-order valence-corrected chi connectivity index (χ0v) is 6.13. The maximum atomic E-state index is 9.00. The zero-order chi connectivity index (χ0) is 7.72. The molecule has 1 heterocycles. The number of nitrogens with two attached hydrogens (primary N) is 1. The molecule has 1 aromatic heterocycles. The first kappa shape index (κ1) is 7.08. The summed E-state index contributed by atoms with van der Waals surface area (Å²) in [6, 6.07) is 0. The minimum Gasteiger partial charge on any atom is -0.411 e. The molecule has 1 rings (SSSR count). The molecule has 0 atom stereocenters. The van der Waals surface area contributed by atoms with E-state index in [0.29, 0.717) is 6.54 Å². The van der Waals surface area contributed by atoms with Crippen LogP contribution in [-0.4, -0.2) is 15.2 Å². The van der Waals surface area contributed by atoms with Crippen LogP contribution in [0, 0.1) is 13.8 Å². The van der Waals surface area contributed by atoms with Crippen molar-refractivity contribution in [1.29, 1.82) is 0 Å². The van der Waals surface area contributed by atoms with Crippen molar-refractivity contribution in [3.8, 4) is 0 Å². The summed E-state index contributed by atoms with van der Waals surface area (Å²) >= 11 is 0. The second kappa shape index (κ2) is 2.30. The third-order valence-corrected chi connectivity index (χ3v) is 1.62. The van der Waals surface area contributed by atoms with Gasteiger partial charge in [0.1, 0.15) is 0 Å². The fourth-order valence-corrected chi connectivity index (χ4v) is 0.955. The smallest absolute Gasteiger partial charge is 0.0815 e. The van der Waals surface area contributed by atoms with Crippen molar-refractivity contribution in [3.63, 3.8) is 0 Å². The molecule has 0 spiro atoms. The average molecular weight is 141 g/mol. The van der Waals surface area contributed by atoms with E-state index in [2.05, 4.69) is 5.10 Å². The van der Waals surface area contributed by atoms with Crippen LogP contribution in [0.3, 0.4) is 0 Å². The van der Waals surface area contributed by atoms with Gasteiger partial charge in [0, 0.05) is 12.1 Å². The Morgan fingerprint density at radius 3 is 2.40 bits per heavy atom. The van der Waals surface area contributed by atoms with Crippen LogP contribution in [0.1, 0.15) is 17.0 Å². The molecule has 0 aliphatic carbocycles. The summed E-state index contributed by atoms with van der Waals surface area (Å²) in [7, 11) is 0. The minimum atomic E-state index is 0.429. The number of hydrogen-bond acceptors (Lipinski definition) is 3. The number of hydrogen-bond donors (Lipinski definition) is 2. The molecule has 4 heteroatoms. The predicted octanol–water partition coefficient (Wildman–Crippen LogP) is 0.196. The molecule has 0 saturated carbocycles. The Kier molecular flexibility index (Phi) is 1.63. The van der Waals surface area contributed by atoms with Gasteiger partial charge in [0.15, 0.2) is 0 Å². The molecule has 0 amide bonds. The van der Waals surface area contributed by atoms with Crippen LogP contribution in [0.25, 0.3) is 0 Å². The van der Waals surface area contributed by atoms with E-state index in [1.165, 1.54) is 0 Å². The Labute approximate surface area is 59.2 Å². The van der Waals surface area contributed by atoms with Crippen LogP contribution < -0.4 is 5.73 Å². The molecule has 0 aliphatic rings. The molecule has 1 aromatic rings. The Balaban J connectivity index is 3.20. The van der Waals surface area contributed by atoms with Crippen LogP contribution in [0.4, 0.5) is 0 Å². The van der Waals surface area contributed by atoms with Gasteiger partial charge in [-0.15, -0.1) is 9.94 Å². The first-order valence-corrected chi connectivity index (χ1v) is 3.11. The van der Waals surface area contributed by atoms with Crippen molar-refractivity contribution >= 4 is 0 Å². The Hall–Kier alpha value is -1.03. The first-order chi connectivity index (χ1) is 4.66. The highest BCUT2D eigenvalue weighted by Crippen LogP contribution is 2.09. The van der Waals surface area contributed by atoms with Gasteiger partial charge in [-0.1, -0.05) is 0 Å². The summed E-state index contributed by atoms with van der Waals surface area (Å²) in [6.07, 6.45) is 0. The Morgan fingerprint density at radius 2 is 2.20 bits per heavy atom. The highest BCUT2D eigenvalue weighted by atomic mass is 16.5. The number of rotatable bonds is 1. The molecule has 4 nitrogen and oxygen atoms in total. The highest BCUT2D eigenvalue weighted by Gasteiger charge is 2.07. The van der Waals surface area contributed by atoms with Gasteiger partial charge in [0.2, 0.25) is 0 Å². The van der Waals surface area contributed by atoms with E-state index in [9.17, 15) is 0 Å². The van der Waals surface area contributed by atoms with Gasteiger partial charge >= 0.3 is 0 Å². The van der Waals surface area contributed by atoms with Crippen molar-refractivity contribution in [2.45, 2.75) is 20.4 Å². The van der Waals surface area contributed by atoms with Crippen LogP contribution in [-0.2, 0) is 6.54 Å². The van der Waals surface area contributed by atoms with Crippen molar-refractivity contribution < 1.29 is 5.21 Å². The monoisotopic (exact) mass is 141 g/mol. The lowest BCUT2D eigenvalue weighted by Crippen LogP contribution is -2.00. The Bertz CT molecular complexity index is 241. The van der Waals surface area contributed by atoms with Crippen molar-refractivity contribution in [1.82, 2.24) is 9.94 Å². The predicted molar refractivity (Wildman–Crippen MR) is 36.8 cm³/mol. The van der Waals surface area contributed by atoms with Crippen LogP contribution >= 0.6 is 0 Å². The van der Waals surface area contributed by atoms with Gasteiger partial charge < -0.3 is 10.9 Å². The molecule has 0 fully saturated rings. The minimum absolute atomic E-state index is 0.429. The maximum Gasteiger partial charge on any atom is 0.0815 e. The van der Waals surface area contributed by atoms with Crippen LogP contribution in [0.2, 0.25) is 0 Å². The SMILES string of the molecule is Cc1nn(O)c(C)c1CN. The summed E-state index contributed by atoms with van der Waals surface area (Å²) in [4.78, 5) is 0.859. The molecular weight excluding hydrogens is 130 g/mol. The lowest BCUT2D eigenvalue weighted by molar-refractivity contribution is 0.141. The maximum absolute atomic E-state index is 9.00. The van der Waals surface area contributed by atoms with Crippen molar-refractivity contribution in [2.75, 3.05) is 0 Å². The molecule has 0 saturated heterocycles. The first-order valence-electron chi connectivity index (χ1n) is 3.11. The quantitative estimate of drug-likeness (QED) is 0.549. The summed E-state index contributed by atoms with van der Waals surface area (Å²) in [5, 5.41) is 12.8. The van der Waals surface area contributed by atoms with E-state index < -0.39 is 0 Å². The van der Waals surface area contributed by atoms with E-state index in [1.807, 2.05) is 6.92 Å². The fraction of sp³-hybridized carbons (Fsp3) is 0.500. The molecular formula is C6H11N3O. The van der Waals surface area contributed by atoms with Gasteiger partial charge in [0.25, 0.3) is 0 Å². The van der Waals surface area contributed by atoms with Crippen molar-refractivity contribution in [2.24, 2.45) is 5.73 Å². The second-order valence-electron chi connectivity index (χ2n) is 2.24. The highest BCUT2D eigenvalue weighted by molar-refractivity contribution is 5.22. The third-order valence-electron chi connectivity index (χ3n) is 1.62. The molecule has 3 N–H and O–H groups in total. The van der Waals surface area contributed by atoms with E-state index in [4.69, 9.17) is 10.9 Å². The van der Waals surface area contributed by atoms with Gasteiger partial charge in [-0.2, -0.15) is 0 Å². The normalized spacial score (nSPS) is 10.3. The number of nitrogens with zero attached hydrogens (tertiary/aromatic N) is 2. The van der Waals surface area contributed by atoms with Crippen LogP contribution in [0.15, 0.2) is 0 Å². The number of aryl methyl sites for hydroxylation is 1. The topological polar surface area (TPSA) is 64.1 Å². The summed E-state index contributed by atoms with van der Waals surface area (Å²) in [6.45, 7) is 4.03. The van der Waals surface area contributed by atoms with Gasteiger partial charge in [-0.3, -0.25) is 0 Å². The second-order valence-corrected chi connectivity index (χ2v) is 2.24. The number of aromatic nitrogens is 2. The van der Waals surface area contributed by atoms with E-state index in [-0.39, 0.29) is 0 Å². The van der Waals surface area contributed by atoms with Gasteiger partial charge in [0.05, 0.1) is 11.4 Å². The summed E-state index contributed by atoms with van der Waals surface area (Å²) < 4.78 is 0. The van der Waals surface area contributed by atoms with E-state index in [0.717, 1.165) is 21.8 Å². The van der Waals surface area contributed by atoms with Gasteiger partial charge in [-0.05, 0) is 13.8 Å². The molecule has 0 aliphatic heterocycles. The lowest BCUT2D eigenvalue weighted by atomic mass is 10.2. The molecule has 0 unspecified atom stereocenters. The summed E-state index contributed by atoms with van der Waals surface area (Å²) in [5.41, 5.74) is 7.84. The standard InChI is InChI=1S/C6H11N3O/c1-4-6(3-7)5(2)9(10)8-4/h10H,3,7H2,1-2H3. The van der Waals surface area contributed by atoms with E-state index in [1.54, 1.807) is 6.92 Å². The van der Waals surface area contributed by atoms with Crippen LogP contribution in [0.5, 0.6) is 0 Å². The largest absolute Gasteiger partial charge is 0.411 e. The zero-order valence-electron chi connectivity index (χ0n) is 6.13. The fourth-order valence-electron chi connectivity index (χ4n) is 0.955. The lowest BCUT2D eigenvalue weighted by Gasteiger charge is -1.93. The summed E-state index contributed by atoms with van der Waals surface area (Å²) in [5.74, 6) is 0. The molecule has 0 radical (unpaired) electrons. The molecule has 56 valence electrons. The molecule has 10 heavy (non-hydrogen) atoms. The Morgan fingerprint density at radius 1 is 1.60 bits per heavy atom. The molecule has 0 aromatic carbocycles. The van der Waals surface area contributed by atoms with Gasteiger partial charge in [-0.25, -0.2) is 0 Å². The average Bonchev–Trinajstić information content (AvgIpc) is 2.09. The molecule has 0 bridgehead atoms. The third kappa shape index (κ3) is 0.863. The van der Waals surface area contributed by atoms with Crippen molar-refractivity contribution in [3.05, 3.63) is 17.0 Å². The van der Waals surface area contributed by atoms with E-state index >= 15 is 0 Å².